The second-order valence-corrected chi connectivity index (χ2v) is 6.47. The first-order valence-electron chi connectivity index (χ1n) is 6.60. The number of alkyl carbamates (subject to hydrolysis) is 1. The summed E-state index contributed by atoms with van der Waals surface area (Å²) in [7, 11) is 0. The van der Waals surface area contributed by atoms with E-state index in [2.05, 4.69) is 27.9 Å². The Morgan fingerprint density at radius 1 is 1.25 bits per heavy atom. The van der Waals surface area contributed by atoms with E-state index >= 15 is 0 Å². The van der Waals surface area contributed by atoms with E-state index in [-0.39, 0.29) is 12.0 Å². The van der Waals surface area contributed by atoms with Gasteiger partial charge in [0.15, 0.2) is 0 Å². The van der Waals surface area contributed by atoms with Gasteiger partial charge in [-0.3, -0.25) is 4.79 Å². The molecule has 5 nitrogen and oxygen atoms in total. The first-order valence-corrected chi connectivity index (χ1v) is 7.68. The number of hydrogen-bond acceptors (Lipinski definition) is 3. The monoisotopic (exact) mass is 386 g/mol. The standard InChI is InChI=1S/C14H15IN2O3/c15-11-3-1-10(2-4-11)12(18)17-7-5-14(6-8-17)9-16-13(19)20-14/h1-4H,5-9H2,(H,16,19). The molecule has 1 spiro atoms. The lowest BCUT2D eigenvalue weighted by molar-refractivity contribution is 0.00331. The zero-order valence-electron chi connectivity index (χ0n) is 10.9. The van der Waals surface area contributed by atoms with Gasteiger partial charge in [-0.2, -0.15) is 0 Å². The van der Waals surface area contributed by atoms with Crippen LogP contribution in [0, 0.1) is 3.57 Å². The summed E-state index contributed by atoms with van der Waals surface area (Å²) in [6, 6.07) is 7.57. The molecular weight excluding hydrogens is 371 g/mol. The largest absolute Gasteiger partial charge is 0.441 e. The number of carbonyl (C=O) groups is 2. The Morgan fingerprint density at radius 3 is 2.45 bits per heavy atom. The van der Waals surface area contributed by atoms with Crippen molar-refractivity contribution >= 4 is 34.6 Å². The maximum atomic E-state index is 12.4. The Bertz CT molecular complexity index is 536. The topological polar surface area (TPSA) is 58.6 Å². The van der Waals surface area contributed by atoms with E-state index in [9.17, 15) is 9.59 Å². The molecule has 6 heteroatoms. The second-order valence-electron chi connectivity index (χ2n) is 5.23. The van der Waals surface area contributed by atoms with Crippen LogP contribution in [0.5, 0.6) is 0 Å². The van der Waals surface area contributed by atoms with Gasteiger partial charge in [0.25, 0.3) is 5.91 Å². The van der Waals surface area contributed by atoms with Gasteiger partial charge in [0.2, 0.25) is 0 Å². The Labute approximate surface area is 130 Å². The number of ether oxygens (including phenoxy) is 1. The number of benzene rings is 1. The maximum Gasteiger partial charge on any atom is 0.407 e. The van der Waals surface area contributed by atoms with Gasteiger partial charge in [-0.25, -0.2) is 4.79 Å². The van der Waals surface area contributed by atoms with Gasteiger partial charge in [-0.05, 0) is 46.9 Å². The molecule has 1 aromatic carbocycles. The molecule has 1 aromatic rings. The highest BCUT2D eigenvalue weighted by Gasteiger charge is 2.43. The molecule has 2 saturated heterocycles. The summed E-state index contributed by atoms with van der Waals surface area (Å²) in [6.45, 7) is 1.80. The number of likely N-dealkylation sites (tertiary alicyclic amines) is 1. The molecular formula is C14H15IN2O3. The average Bonchev–Trinajstić information content (AvgIpc) is 2.81. The molecule has 2 aliphatic rings. The molecule has 0 saturated carbocycles. The molecule has 0 radical (unpaired) electrons. The Kier molecular flexibility index (Phi) is 3.57. The van der Waals surface area contributed by atoms with E-state index < -0.39 is 5.60 Å². The van der Waals surface area contributed by atoms with E-state index in [0.29, 0.717) is 38.0 Å². The Hall–Kier alpha value is -1.31. The molecule has 20 heavy (non-hydrogen) atoms. The van der Waals surface area contributed by atoms with Crippen LogP contribution < -0.4 is 5.32 Å². The molecule has 0 bridgehead atoms. The third-order valence-corrected chi connectivity index (χ3v) is 4.64. The third-order valence-electron chi connectivity index (χ3n) is 3.92. The van der Waals surface area contributed by atoms with E-state index in [4.69, 9.17) is 4.74 Å². The Morgan fingerprint density at radius 2 is 1.90 bits per heavy atom. The highest BCUT2D eigenvalue weighted by molar-refractivity contribution is 14.1. The summed E-state index contributed by atoms with van der Waals surface area (Å²) in [6.07, 6.45) is 1.05. The fourth-order valence-corrected chi connectivity index (χ4v) is 3.03. The second kappa shape index (κ2) is 5.23. The number of rotatable bonds is 1. The first kappa shape index (κ1) is 13.7. The maximum absolute atomic E-state index is 12.4. The van der Waals surface area contributed by atoms with Crippen LogP contribution in [0.3, 0.4) is 0 Å². The van der Waals surface area contributed by atoms with Crippen LogP contribution in [0.15, 0.2) is 24.3 Å². The summed E-state index contributed by atoms with van der Waals surface area (Å²) in [5.41, 5.74) is 0.308. The highest BCUT2D eigenvalue weighted by atomic mass is 127. The summed E-state index contributed by atoms with van der Waals surface area (Å²) < 4.78 is 6.46. The van der Waals surface area contributed by atoms with Gasteiger partial charge in [0.1, 0.15) is 5.60 Å². The smallest absolute Gasteiger partial charge is 0.407 e. The van der Waals surface area contributed by atoms with Crippen LogP contribution in [0.2, 0.25) is 0 Å². The van der Waals surface area contributed by atoms with Gasteiger partial charge >= 0.3 is 6.09 Å². The molecule has 3 rings (SSSR count). The van der Waals surface area contributed by atoms with Crippen LogP contribution in [-0.4, -0.2) is 42.1 Å². The lowest BCUT2D eigenvalue weighted by Gasteiger charge is -2.37. The first-order chi connectivity index (χ1) is 9.58. The molecule has 2 aliphatic heterocycles. The van der Waals surface area contributed by atoms with Gasteiger partial charge < -0.3 is 15.0 Å². The summed E-state index contributed by atoms with van der Waals surface area (Å²) in [5, 5.41) is 2.70. The van der Waals surface area contributed by atoms with Crippen molar-refractivity contribution in [3.8, 4) is 0 Å². The number of hydrogen-bond donors (Lipinski definition) is 1. The summed E-state index contributed by atoms with van der Waals surface area (Å²) in [5.74, 6) is 0.0496. The van der Waals surface area contributed by atoms with Crippen LogP contribution in [0.1, 0.15) is 23.2 Å². The predicted molar refractivity (Wildman–Crippen MR) is 81.5 cm³/mol. The number of nitrogens with zero attached hydrogens (tertiary/aromatic N) is 1. The van der Waals surface area contributed by atoms with Crippen LogP contribution in [0.4, 0.5) is 4.79 Å². The molecule has 2 heterocycles. The van der Waals surface area contributed by atoms with Crippen molar-refractivity contribution in [1.29, 1.82) is 0 Å². The lowest BCUT2D eigenvalue weighted by atomic mass is 9.91. The predicted octanol–water partition coefficient (Wildman–Crippen LogP) is 2.01. The number of amides is 2. The SMILES string of the molecule is O=C1NCC2(CCN(C(=O)c3ccc(I)cc3)CC2)O1. The number of piperidine rings is 1. The molecule has 0 aliphatic carbocycles. The van der Waals surface area contributed by atoms with Crippen molar-refractivity contribution in [3.05, 3.63) is 33.4 Å². The zero-order valence-corrected chi connectivity index (χ0v) is 13.1. The summed E-state index contributed by atoms with van der Waals surface area (Å²) >= 11 is 2.22. The quantitative estimate of drug-likeness (QED) is 0.752. The van der Waals surface area contributed by atoms with Gasteiger partial charge in [-0.15, -0.1) is 0 Å². The van der Waals surface area contributed by atoms with Crippen molar-refractivity contribution < 1.29 is 14.3 Å². The van der Waals surface area contributed by atoms with E-state index in [1.807, 2.05) is 29.2 Å². The molecule has 1 N–H and O–H groups in total. The molecule has 2 amide bonds. The fraction of sp³-hybridized carbons (Fsp3) is 0.429. The number of halogens is 1. The van der Waals surface area contributed by atoms with Crippen molar-refractivity contribution in [2.75, 3.05) is 19.6 Å². The van der Waals surface area contributed by atoms with Crippen molar-refractivity contribution in [3.63, 3.8) is 0 Å². The van der Waals surface area contributed by atoms with E-state index in [1.165, 1.54) is 0 Å². The number of nitrogens with one attached hydrogen (secondary N) is 1. The minimum absolute atomic E-state index is 0.0496. The third kappa shape index (κ3) is 2.61. The highest BCUT2D eigenvalue weighted by Crippen LogP contribution is 2.29. The van der Waals surface area contributed by atoms with E-state index in [1.54, 1.807) is 0 Å². The minimum atomic E-state index is -0.403. The van der Waals surface area contributed by atoms with Crippen LogP contribution >= 0.6 is 22.6 Å². The lowest BCUT2D eigenvalue weighted by Crippen LogP contribution is -2.48. The summed E-state index contributed by atoms with van der Waals surface area (Å²) in [4.78, 5) is 25.4. The fourth-order valence-electron chi connectivity index (χ4n) is 2.67. The Balaban J connectivity index is 1.64. The zero-order chi connectivity index (χ0) is 14.2. The minimum Gasteiger partial charge on any atom is -0.441 e. The van der Waals surface area contributed by atoms with Gasteiger partial charge in [0.05, 0.1) is 6.54 Å². The molecule has 0 atom stereocenters. The molecule has 106 valence electrons. The van der Waals surface area contributed by atoms with Crippen molar-refractivity contribution in [2.45, 2.75) is 18.4 Å². The van der Waals surface area contributed by atoms with Gasteiger partial charge in [0, 0.05) is 35.1 Å². The van der Waals surface area contributed by atoms with Crippen molar-refractivity contribution in [1.82, 2.24) is 10.2 Å². The average molecular weight is 386 g/mol. The molecule has 0 aromatic heterocycles. The van der Waals surface area contributed by atoms with Crippen LogP contribution in [0.25, 0.3) is 0 Å². The molecule has 2 fully saturated rings. The number of carbonyl (C=O) groups excluding carboxylic acids is 2. The molecule has 0 unspecified atom stereocenters. The van der Waals surface area contributed by atoms with Crippen LogP contribution in [-0.2, 0) is 4.74 Å². The normalized spacial score (nSPS) is 20.6. The van der Waals surface area contributed by atoms with Crippen molar-refractivity contribution in [2.24, 2.45) is 0 Å². The van der Waals surface area contributed by atoms with Gasteiger partial charge in [-0.1, -0.05) is 0 Å². The van der Waals surface area contributed by atoms with E-state index in [0.717, 1.165) is 3.57 Å².